The first-order valence-electron chi connectivity index (χ1n) is 9.14. The quantitative estimate of drug-likeness (QED) is 0.489. The van der Waals surface area contributed by atoms with Gasteiger partial charge in [-0.3, -0.25) is 9.36 Å². The van der Waals surface area contributed by atoms with Crippen LogP contribution in [-0.4, -0.2) is 38.3 Å². The number of rotatable bonds is 7. The molecule has 1 atom stereocenters. The zero-order valence-corrected chi connectivity index (χ0v) is 18.7. The van der Waals surface area contributed by atoms with Crippen LogP contribution in [0.3, 0.4) is 0 Å². The Balaban J connectivity index is 1.89. The van der Waals surface area contributed by atoms with Crippen molar-refractivity contribution >= 4 is 50.3 Å². The van der Waals surface area contributed by atoms with Gasteiger partial charge < -0.3 is 10.4 Å². The van der Waals surface area contributed by atoms with E-state index in [9.17, 15) is 20.0 Å². The number of aromatic nitrogens is 2. The number of nitriles is 1. The fourth-order valence-corrected chi connectivity index (χ4v) is 4.44. The van der Waals surface area contributed by atoms with Gasteiger partial charge in [0.2, 0.25) is 5.91 Å². The van der Waals surface area contributed by atoms with E-state index < -0.39 is 12.0 Å². The second kappa shape index (κ2) is 9.32. The number of fused-ring (bicyclic) bond motifs is 1. The molecule has 1 aromatic heterocycles. The molecule has 0 unspecified atom stereocenters. The number of carbonyl (C=O) groups is 2. The van der Waals surface area contributed by atoms with Gasteiger partial charge in [0.25, 0.3) is 0 Å². The van der Waals surface area contributed by atoms with E-state index in [1.165, 1.54) is 11.8 Å². The van der Waals surface area contributed by atoms with Crippen LogP contribution in [-0.2, 0) is 9.59 Å². The Morgan fingerprint density at radius 3 is 2.60 bits per heavy atom. The Morgan fingerprint density at radius 2 is 1.97 bits per heavy atom. The number of imidazole rings is 1. The number of carbonyl (C=O) groups excluding carboxylic acids is 1. The number of nitrogens with one attached hydrogen (secondary N) is 1. The maximum absolute atomic E-state index is 12.3. The van der Waals surface area contributed by atoms with Crippen LogP contribution in [0.25, 0.3) is 16.5 Å². The molecule has 7 nitrogen and oxygen atoms in total. The monoisotopic (exact) mass is 486 g/mol. The Bertz CT molecular complexity index is 1150. The number of amides is 1. The summed E-state index contributed by atoms with van der Waals surface area (Å²) in [6.45, 7) is 3.48. The molecule has 0 fully saturated rings. The van der Waals surface area contributed by atoms with Gasteiger partial charge in [0, 0.05) is 10.8 Å². The summed E-state index contributed by atoms with van der Waals surface area (Å²) in [7, 11) is 0. The van der Waals surface area contributed by atoms with Crippen molar-refractivity contribution < 1.29 is 14.7 Å². The van der Waals surface area contributed by atoms with E-state index in [1.807, 2.05) is 34.9 Å². The maximum atomic E-state index is 12.3. The predicted molar refractivity (Wildman–Crippen MR) is 119 cm³/mol. The van der Waals surface area contributed by atoms with Crippen LogP contribution >= 0.6 is 27.7 Å². The summed E-state index contributed by atoms with van der Waals surface area (Å²) >= 11 is 4.71. The minimum atomic E-state index is -1.06. The minimum Gasteiger partial charge on any atom is -0.480 e. The fourth-order valence-electron chi connectivity index (χ4n) is 3.07. The van der Waals surface area contributed by atoms with E-state index in [0.717, 1.165) is 16.5 Å². The van der Waals surface area contributed by atoms with Gasteiger partial charge >= 0.3 is 5.97 Å². The number of halogens is 1. The van der Waals surface area contributed by atoms with Crippen LogP contribution in [0.2, 0.25) is 0 Å². The van der Waals surface area contributed by atoms with Crippen LogP contribution < -0.4 is 5.32 Å². The van der Waals surface area contributed by atoms with E-state index in [4.69, 9.17) is 0 Å². The molecular formula is C21H19BrN4O3S. The van der Waals surface area contributed by atoms with E-state index in [-0.39, 0.29) is 17.6 Å². The number of thioether (sulfide) groups is 1. The number of hydrogen-bond acceptors (Lipinski definition) is 5. The topological polar surface area (TPSA) is 108 Å². The lowest BCUT2D eigenvalue weighted by Gasteiger charge is -2.18. The molecule has 0 spiro atoms. The van der Waals surface area contributed by atoms with Gasteiger partial charge in [-0.2, -0.15) is 5.26 Å². The van der Waals surface area contributed by atoms with Gasteiger partial charge in [0.05, 0.1) is 29.3 Å². The molecular weight excluding hydrogens is 468 g/mol. The highest BCUT2D eigenvalue weighted by molar-refractivity contribution is 9.10. The summed E-state index contributed by atoms with van der Waals surface area (Å²) in [5.74, 6) is -1.64. The maximum Gasteiger partial charge on any atom is 0.326 e. The van der Waals surface area contributed by atoms with Gasteiger partial charge in [-0.1, -0.05) is 49.9 Å². The van der Waals surface area contributed by atoms with Crippen molar-refractivity contribution in [2.45, 2.75) is 25.0 Å². The third kappa shape index (κ3) is 4.50. The number of carboxylic acid groups (broad SMARTS) is 1. The van der Waals surface area contributed by atoms with Crippen LogP contribution in [0, 0.1) is 17.2 Å². The van der Waals surface area contributed by atoms with Crippen molar-refractivity contribution in [1.82, 2.24) is 14.9 Å². The first-order valence-corrected chi connectivity index (χ1v) is 10.9. The lowest BCUT2D eigenvalue weighted by molar-refractivity contribution is -0.142. The first-order chi connectivity index (χ1) is 14.3. The molecule has 0 bridgehead atoms. The number of aliphatic carboxylic acids is 1. The Hall–Kier alpha value is -2.83. The van der Waals surface area contributed by atoms with Crippen molar-refractivity contribution in [3.8, 4) is 11.8 Å². The van der Waals surface area contributed by atoms with E-state index in [0.29, 0.717) is 15.3 Å². The second-order valence-corrected chi connectivity index (χ2v) is 8.66. The Morgan fingerprint density at radius 1 is 1.27 bits per heavy atom. The molecule has 3 rings (SSSR count). The fraction of sp³-hybridized carbons (Fsp3) is 0.238. The molecule has 0 saturated heterocycles. The molecule has 0 aliphatic heterocycles. The average Bonchev–Trinajstić information content (AvgIpc) is 3.09. The van der Waals surface area contributed by atoms with Crippen molar-refractivity contribution in [3.05, 3.63) is 52.8 Å². The zero-order valence-electron chi connectivity index (χ0n) is 16.3. The molecule has 3 aromatic rings. The van der Waals surface area contributed by atoms with Crippen molar-refractivity contribution in [1.29, 1.82) is 5.26 Å². The highest BCUT2D eigenvalue weighted by Crippen LogP contribution is 2.32. The molecule has 1 amide bonds. The van der Waals surface area contributed by atoms with Gasteiger partial charge in [0.1, 0.15) is 10.6 Å². The number of carboxylic acids is 1. The van der Waals surface area contributed by atoms with Crippen molar-refractivity contribution in [2.24, 2.45) is 5.92 Å². The smallest absolute Gasteiger partial charge is 0.326 e. The molecule has 0 radical (unpaired) electrons. The van der Waals surface area contributed by atoms with Crippen LogP contribution in [0.15, 0.2) is 52.4 Å². The largest absolute Gasteiger partial charge is 0.480 e. The van der Waals surface area contributed by atoms with Crippen molar-refractivity contribution in [2.75, 3.05) is 5.75 Å². The van der Waals surface area contributed by atoms with Crippen LogP contribution in [0.4, 0.5) is 0 Å². The summed E-state index contributed by atoms with van der Waals surface area (Å²) in [5.41, 5.74) is 1.40. The van der Waals surface area contributed by atoms with Gasteiger partial charge in [-0.15, -0.1) is 0 Å². The lowest BCUT2D eigenvalue weighted by atomic mass is 10.0. The van der Waals surface area contributed by atoms with E-state index in [2.05, 4.69) is 32.3 Å². The van der Waals surface area contributed by atoms with E-state index >= 15 is 0 Å². The second-order valence-electron chi connectivity index (χ2n) is 6.90. The molecule has 9 heteroatoms. The summed E-state index contributed by atoms with van der Waals surface area (Å²) in [5, 5.41) is 23.5. The van der Waals surface area contributed by atoms with Gasteiger partial charge in [-0.25, -0.2) is 9.78 Å². The van der Waals surface area contributed by atoms with Crippen molar-refractivity contribution in [3.63, 3.8) is 0 Å². The Labute approximate surface area is 186 Å². The highest BCUT2D eigenvalue weighted by atomic mass is 79.9. The number of benzene rings is 2. The molecule has 0 aliphatic rings. The van der Waals surface area contributed by atoms with Gasteiger partial charge in [-0.05, 0) is 34.0 Å². The number of nitrogens with zero attached hydrogens (tertiary/aromatic N) is 3. The van der Waals surface area contributed by atoms with E-state index in [1.54, 1.807) is 26.1 Å². The standard InChI is InChI=1S/C21H19BrN4O3S/c1-12(2)19(20(28)29)25-18(27)11-30-21-24-10-17(22)26(21)16-8-7-13(9-23)14-5-3-4-6-15(14)16/h3-8,10,12,19H,11H2,1-2H3,(H,25,27)(H,28,29)/t19-/m0/s1. The third-order valence-electron chi connectivity index (χ3n) is 4.53. The molecule has 2 N–H and O–H groups in total. The SMILES string of the molecule is CC(C)[C@H](NC(=O)CSc1ncc(Br)n1-c1ccc(C#N)c2ccccc12)C(=O)O. The molecule has 30 heavy (non-hydrogen) atoms. The summed E-state index contributed by atoms with van der Waals surface area (Å²) in [6.07, 6.45) is 1.64. The minimum absolute atomic E-state index is 0.0220. The molecule has 1 heterocycles. The van der Waals surface area contributed by atoms with Crippen LogP contribution in [0.1, 0.15) is 19.4 Å². The summed E-state index contributed by atoms with van der Waals surface area (Å²) in [4.78, 5) is 28.0. The van der Waals surface area contributed by atoms with Crippen LogP contribution in [0.5, 0.6) is 0 Å². The average molecular weight is 487 g/mol. The zero-order chi connectivity index (χ0) is 21.8. The lowest BCUT2D eigenvalue weighted by Crippen LogP contribution is -2.45. The molecule has 154 valence electrons. The van der Waals surface area contributed by atoms with Gasteiger partial charge in [0.15, 0.2) is 5.16 Å². The third-order valence-corrected chi connectivity index (χ3v) is 6.04. The summed E-state index contributed by atoms with van der Waals surface area (Å²) < 4.78 is 2.56. The molecule has 2 aromatic carbocycles. The molecule has 0 saturated carbocycles. The first kappa shape index (κ1) is 21.9. The predicted octanol–water partition coefficient (Wildman–Crippen LogP) is 3.98. The highest BCUT2D eigenvalue weighted by Gasteiger charge is 2.24. The molecule has 0 aliphatic carbocycles. The number of hydrogen-bond donors (Lipinski definition) is 2. The summed E-state index contributed by atoms with van der Waals surface area (Å²) in [6, 6.07) is 12.5. The Kier molecular flexibility index (Phi) is 6.80. The normalized spacial score (nSPS) is 12.0.